The predicted molar refractivity (Wildman–Crippen MR) is 86.2 cm³/mol. The lowest BCUT2D eigenvalue weighted by molar-refractivity contribution is 0.310. The van der Waals surface area contributed by atoms with Gasteiger partial charge in [-0.2, -0.15) is 0 Å². The van der Waals surface area contributed by atoms with Gasteiger partial charge in [-0.3, -0.25) is 4.98 Å². The van der Waals surface area contributed by atoms with Gasteiger partial charge in [0.25, 0.3) is 0 Å². The van der Waals surface area contributed by atoms with Crippen LogP contribution in [0.1, 0.15) is 23.7 Å². The molecule has 112 valence electrons. The molecule has 1 atom stereocenters. The van der Waals surface area contributed by atoms with Gasteiger partial charge in [0.2, 0.25) is 0 Å². The monoisotopic (exact) mass is 351 g/mol. The quantitative estimate of drug-likeness (QED) is 0.865. The average Bonchev–Trinajstić information content (AvgIpc) is 2.48. The van der Waals surface area contributed by atoms with Crippen molar-refractivity contribution in [3.8, 4) is 0 Å². The van der Waals surface area contributed by atoms with E-state index in [0.29, 0.717) is 0 Å². The van der Waals surface area contributed by atoms with Gasteiger partial charge in [0.15, 0.2) is 0 Å². The van der Waals surface area contributed by atoms with Crippen LogP contribution in [0.15, 0.2) is 47.1 Å². The number of halogens is 2. The number of hydrogen-bond donors (Lipinski definition) is 1. The Morgan fingerprint density at radius 2 is 1.95 bits per heavy atom. The number of nitrogens with zero attached hydrogens (tertiary/aromatic N) is 2. The Bertz CT molecular complexity index is 557. The first kappa shape index (κ1) is 16.1. The first-order valence-electron chi connectivity index (χ1n) is 6.84. The van der Waals surface area contributed by atoms with E-state index in [1.807, 2.05) is 12.1 Å². The van der Waals surface area contributed by atoms with Crippen LogP contribution >= 0.6 is 15.9 Å². The maximum absolute atomic E-state index is 12.8. The summed E-state index contributed by atoms with van der Waals surface area (Å²) in [7, 11) is 2.06. The van der Waals surface area contributed by atoms with Gasteiger partial charge in [-0.25, -0.2) is 4.39 Å². The van der Waals surface area contributed by atoms with Gasteiger partial charge >= 0.3 is 0 Å². The molecule has 5 heteroatoms. The van der Waals surface area contributed by atoms with E-state index in [4.69, 9.17) is 5.73 Å². The molecule has 1 aromatic heterocycles. The molecule has 2 N–H and O–H groups in total. The number of aromatic nitrogens is 1. The summed E-state index contributed by atoms with van der Waals surface area (Å²) in [6.07, 6.45) is 1.99. The maximum Gasteiger partial charge on any atom is 0.141 e. The van der Waals surface area contributed by atoms with Crippen molar-refractivity contribution in [2.24, 2.45) is 5.73 Å². The molecule has 3 nitrogen and oxygen atoms in total. The average molecular weight is 352 g/mol. The zero-order chi connectivity index (χ0) is 15.2. The lowest BCUT2D eigenvalue weighted by Gasteiger charge is -2.19. The number of hydrogen-bond acceptors (Lipinski definition) is 3. The van der Waals surface area contributed by atoms with Gasteiger partial charge in [-0.05, 0) is 43.3 Å². The Balaban J connectivity index is 1.81. The minimum atomic E-state index is -0.335. The smallest absolute Gasteiger partial charge is 0.141 e. The molecular formula is C16H19BrFN3. The van der Waals surface area contributed by atoms with Gasteiger partial charge in [0.1, 0.15) is 5.82 Å². The Kier molecular flexibility index (Phi) is 5.85. The molecule has 0 aliphatic carbocycles. The van der Waals surface area contributed by atoms with Gasteiger partial charge in [-0.1, -0.05) is 28.1 Å². The number of benzene rings is 1. The second kappa shape index (κ2) is 7.64. The molecule has 21 heavy (non-hydrogen) atoms. The van der Waals surface area contributed by atoms with Crippen molar-refractivity contribution in [3.63, 3.8) is 0 Å². The summed E-state index contributed by atoms with van der Waals surface area (Å²) in [6, 6.07) is 11.2. The van der Waals surface area contributed by atoms with Crippen molar-refractivity contribution in [1.29, 1.82) is 0 Å². The van der Waals surface area contributed by atoms with Crippen molar-refractivity contribution in [2.75, 3.05) is 13.6 Å². The van der Waals surface area contributed by atoms with Gasteiger partial charge in [0.05, 0.1) is 11.9 Å². The highest BCUT2D eigenvalue weighted by Crippen LogP contribution is 2.14. The zero-order valence-electron chi connectivity index (χ0n) is 12.0. The number of rotatable bonds is 6. The summed E-state index contributed by atoms with van der Waals surface area (Å²) in [6.45, 7) is 1.73. The molecule has 0 radical (unpaired) electrons. The highest BCUT2D eigenvalue weighted by atomic mass is 79.9. The molecular weight excluding hydrogens is 333 g/mol. The van der Waals surface area contributed by atoms with Crippen molar-refractivity contribution in [2.45, 2.75) is 19.0 Å². The summed E-state index contributed by atoms with van der Waals surface area (Å²) in [4.78, 5) is 6.24. The van der Waals surface area contributed by atoms with Crippen molar-refractivity contribution in [1.82, 2.24) is 9.88 Å². The summed E-state index contributed by atoms with van der Waals surface area (Å²) in [5.74, 6) is -0.335. The molecule has 0 saturated carbocycles. The van der Waals surface area contributed by atoms with Crippen LogP contribution in [0, 0.1) is 5.82 Å². The fraction of sp³-hybridized carbons (Fsp3) is 0.312. The van der Waals surface area contributed by atoms with Crippen LogP contribution < -0.4 is 5.73 Å². The first-order chi connectivity index (χ1) is 10.0. The Hall–Kier alpha value is -1.30. The Morgan fingerprint density at radius 1 is 1.24 bits per heavy atom. The predicted octanol–water partition coefficient (Wildman–Crippen LogP) is 3.51. The minimum Gasteiger partial charge on any atom is -0.323 e. The van der Waals surface area contributed by atoms with Crippen LogP contribution in [0.4, 0.5) is 4.39 Å². The highest BCUT2D eigenvalue weighted by molar-refractivity contribution is 9.10. The van der Waals surface area contributed by atoms with Crippen molar-refractivity contribution >= 4 is 15.9 Å². The molecule has 0 amide bonds. The van der Waals surface area contributed by atoms with Crippen molar-refractivity contribution < 1.29 is 4.39 Å². The first-order valence-corrected chi connectivity index (χ1v) is 7.64. The van der Waals surface area contributed by atoms with E-state index in [9.17, 15) is 4.39 Å². The molecule has 0 spiro atoms. The molecule has 0 bridgehead atoms. The zero-order valence-corrected chi connectivity index (χ0v) is 13.6. The van der Waals surface area contributed by atoms with E-state index in [2.05, 4.69) is 45.0 Å². The van der Waals surface area contributed by atoms with Crippen LogP contribution in [0.3, 0.4) is 0 Å². The molecule has 1 unspecified atom stereocenters. The second-order valence-electron chi connectivity index (χ2n) is 5.16. The van der Waals surface area contributed by atoms with E-state index in [-0.39, 0.29) is 11.9 Å². The van der Waals surface area contributed by atoms with Crippen LogP contribution in [0.2, 0.25) is 0 Å². The standard InChI is InChI=1S/C16H19BrFN3/c1-21(11-12-2-4-13(17)5-3-12)9-8-15(19)16-7-6-14(18)10-20-16/h2-7,10,15H,8-9,11,19H2,1H3. The number of pyridine rings is 1. The van der Waals surface area contributed by atoms with Crippen LogP contribution in [0.5, 0.6) is 0 Å². The lowest BCUT2D eigenvalue weighted by atomic mass is 10.1. The normalized spacial score (nSPS) is 12.6. The molecule has 0 saturated heterocycles. The van der Waals surface area contributed by atoms with Gasteiger partial charge in [0, 0.05) is 23.6 Å². The van der Waals surface area contributed by atoms with Crippen molar-refractivity contribution in [3.05, 3.63) is 64.1 Å². The molecule has 2 aromatic rings. The molecule has 0 aliphatic rings. The lowest BCUT2D eigenvalue weighted by Crippen LogP contribution is -2.23. The molecule has 1 aromatic carbocycles. The second-order valence-corrected chi connectivity index (χ2v) is 6.08. The minimum absolute atomic E-state index is 0.169. The fourth-order valence-electron chi connectivity index (χ4n) is 2.09. The summed E-state index contributed by atoms with van der Waals surface area (Å²) < 4.78 is 13.9. The van der Waals surface area contributed by atoms with E-state index in [1.165, 1.54) is 17.8 Å². The van der Waals surface area contributed by atoms with E-state index in [1.54, 1.807) is 6.07 Å². The summed E-state index contributed by atoms with van der Waals surface area (Å²) in [5, 5.41) is 0. The third kappa shape index (κ3) is 5.19. The van der Waals surface area contributed by atoms with Gasteiger partial charge in [-0.15, -0.1) is 0 Å². The summed E-state index contributed by atoms with van der Waals surface area (Å²) in [5.41, 5.74) is 8.08. The third-order valence-electron chi connectivity index (χ3n) is 3.32. The molecule has 0 aliphatic heterocycles. The van der Waals surface area contributed by atoms with Crippen LogP contribution in [0.25, 0.3) is 0 Å². The third-order valence-corrected chi connectivity index (χ3v) is 3.85. The fourth-order valence-corrected chi connectivity index (χ4v) is 2.36. The van der Waals surface area contributed by atoms with Crippen LogP contribution in [-0.4, -0.2) is 23.5 Å². The van der Waals surface area contributed by atoms with Crippen LogP contribution in [-0.2, 0) is 6.54 Å². The largest absolute Gasteiger partial charge is 0.323 e. The van der Waals surface area contributed by atoms with E-state index >= 15 is 0 Å². The number of nitrogens with two attached hydrogens (primary N) is 1. The maximum atomic E-state index is 12.8. The molecule has 0 fully saturated rings. The molecule has 2 rings (SSSR count). The topological polar surface area (TPSA) is 42.1 Å². The highest BCUT2D eigenvalue weighted by Gasteiger charge is 2.09. The Morgan fingerprint density at radius 3 is 2.57 bits per heavy atom. The van der Waals surface area contributed by atoms with Gasteiger partial charge < -0.3 is 10.6 Å². The summed E-state index contributed by atoms with van der Waals surface area (Å²) >= 11 is 3.43. The SMILES string of the molecule is CN(CCC(N)c1ccc(F)cn1)Cc1ccc(Br)cc1. The molecule has 1 heterocycles. The van der Waals surface area contributed by atoms with E-state index in [0.717, 1.165) is 29.7 Å². The van der Waals surface area contributed by atoms with E-state index < -0.39 is 0 Å². The Labute approximate surface area is 133 Å².